The second kappa shape index (κ2) is 4.13. The SMILES string of the molecule is CCC1=CC2C(C1)CC2(CC(=O)O)C[N+](=O)[O-]. The van der Waals surface area contributed by atoms with E-state index in [9.17, 15) is 14.9 Å². The van der Waals surface area contributed by atoms with E-state index in [1.54, 1.807) is 0 Å². The van der Waals surface area contributed by atoms with Gasteiger partial charge in [-0.05, 0) is 31.1 Å². The summed E-state index contributed by atoms with van der Waals surface area (Å²) < 4.78 is 0. The Kier molecular flexibility index (Phi) is 2.93. The van der Waals surface area contributed by atoms with E-state index in [-0.39, 0.29) is 23.8 Å². The van der Waals surface area contributed by atoms with Crippen LogP contribution in [0.25, 0.3) is 0 Å². The van der Waals surface area contributed by atoms with Crippen molar-refractivity contribution in [2.24, 2.45) is 17.3 Å². The molecule has 0 saturated heterocycles. The number of hydrogen-bond acceptors (Lipinski definition) is 3. The number of aliphatic carboxylic acids is 1. The minimum atomic E-state index is -0.927. The van der Waals surface area contributed by atoms with Gasteiger partial charge in [-0.25, -0.2) is 0 Å². The number of rotatable bonds is 5. The molecule has 1 fully saturated rings. The zero-order valence-corrected chi connectivity index (χ0v) is 9.89. The van der Waals surface area contributed by atoms with E-state index in [4.69, 9.17) is 5.11 Å². The topological polar surface area (TPSA) is 80.4 Å². The van der Waals surface area contributed by atoms with Gasteiger partial charge in [0.2, 0.25) is 6.54 Å². The molecule has 1 N–H and O–H groups in total. The monoisotopic (exact) mass is 239 g/mol. The van der Waals surface area contributed by atoms with Crippen molar-refractivity contribution in [3.8, 4) is 0 Å². The fourth-order valence-electron chi connectivity index (χ4n) is 3.53. The molecule has 0 aromatic rings. The second-order valence-corrected chi connectivity index (χ2v) is 5.30. The molecule has 0 radical (unpaired) electrons. The molecule has 3 unspecified atom stereocenters. The van der Waals surface area contributed by atoms with Gasteiger partial charge in [-0.3, -0.25) is 14.9 Å². The maximum Gasteiger partial charge on any atom is 0.304 e. The first-order valence-electron chi connectivity index (χ1n) is 6.00. The minimum Gasteiger partial charge on any atom is -0.481 e. The van der Waals surface area contributed by atoms with Crippen LogP contribution < -0.4 is 0 Å². The molecule has 0 spiro atoms. The Hall–Kier alpha value is -1.39. The Morgan fingerprint density at radius 1 is 1.71 bits per heavy atom. The highest BCUT2D eigenvalue weighted by molar-refractivity contribution is 5.68. The van der Waals surface area contributed by atoms with E-state index in [0.717, 1.165) is 12.8 Å². The van der Waals surface area contributed by atoms with Crippen LogP contribution in [-0.4, -0.2) is 22.5 Å². The van der Waals surface area contributed by atoms with Gasteiger partial charge in [0, 0.05) is 4.92 Å². The molecule has 0 aromatic heterocycles. The summed E-state index contributed by atoms with van der Waals surface area (Å²) in [6.07, 6.45) is 4.67. The number of carboxylic acid groups (broad SMARTS) is 1. The van der Waals surface area contributed by atoms with Crippen molar-refractivity contribution in [2.45, 2.75) is 32.6 Å². The van der Waals surface area contributed by atoms with E-state index in [1.807, 2.05) is 0 Å². The zero-order valence-electron chi connectivity index (χ0n) is 9.89. The standard InChI is InChI=1S/C12H17NO4/c1-2-8-3-9-5-12(6-11(14)15,7-13(16)17)10(9)4-8/h4,9-10H,2-3,5-7H2,1H3,(H,14,15). The molecule has 1 saturated carbocycles. The van der Waals surface area contributed by atoms with Gasteiger partial charge in [-0.1, -0.05) is 18.6 Å². The molecule has 0 bridgehead atoms. The molecule has 0 heterocycles. The molecule has 0 aliphatic heterocycles. The van der Waals surface area contributed by atoms with Gasteiger partial charge < -0.3 is 5.11 Å². The number of nitrogens with zero attached hydrogens (tertiary/aromatic N) is 1. The third kappa shape index (κ3) is 2.06. The largest absolute Gasteiger partial charge is 0.481 e. The first-order valence-corrected chi connectivity index (χ1v) is 6.00. The van der Waals surface area contributed by atoms with Crippen molar-refractivity contribution < 1.29 is 14.8 Å². The van der Waals surface area contributed by atoms with Gasteiger partial charge in [0.25, 0.3) is 0 Å². The lowest BCUT2D eigenvalue weighted by Gasteiger charge is -2.48. The average molecular weight is 239 g/mol. The number of carboxylic acids is 1. The Bertz CT molecular complexity index is 372. The molecule has 94 valence electrons. The third-order valence-electron chi connectivity index (χ3n) is 4.22. The van der Waals surface area contributed by atoms with Crippen LogP contribution in [0.15, 0.2) is 11.6 Å². The van der Waals surface area contributed by atoms with Crippen LogP contribution in [-0.2, 0) is 4.79 Å². The van der Waals surface area contributed by atoms with Crippen molar-refractivity contribution in [2.75, 3.05) is 6.54 Å². The highest BCUT2D eigenvalue weighted by Crippen LogP contribution is 2.60. The quantitative estimate of drug-likeness (QED) is 0.452. The van der Waals surface area contributed by atoms with Gasteiger partial charge >= 0.3 is 5.97 Å². The molecule has 3 atom stereocenters. The lowest BCUT2D eigenvalue weighted by atomic mass is 9.53. The molecule has 0 aromatic carbocycles. The Morgan fingerprint density at radius 2 is 2.41 bits per heavy atom. The van der Waals surface area contributed by atoms with Crippen LogP contribution in [0, 0.1) is 27.4 Å². The normalized spacial score (nSPS) is 34.8. The first-order chi connectivity index (χ1) is 7.97. The first kappa shape index (κ1) is 12.1. The molecule has 5 nitrogen and oxygen atoms in total. The molecule has 0 amide bonds. The van der Waals surface area contributed by atoms with Crippen molar-refractivity contribution >= 4 is 5.97 Å². The molecular formula is C12H17NO4. The van der Waals surface area contributed by atoms with Gasteiger partial charge in [0.05, 0.1) is 11.8 Å². The van der Waals surface area contributed by atoms with Gasteiger partial charge in [0.15, 0.2) is 0 Å². The van der Waals surface area contributed by atoms with Crippen molar-refractivity contribution in [1.82, 2.24) is 0 Å². The summed E-state index contributed by atoms with van der Waals surface area (Å²) in [5, 5.41) is 19.6. The second-order valence-electron chi connectivity index (χ2n) is 5.30. The molecule has 2 rings (SSSR count). The van der Waals surface area contributed by atoms with E-state index in [2.05, 4.69) is 13.0 Å². The zero-order chi connectivity index (χ0) is 12.6. The highest BCUT2D eigenvalue weighted by atomic mass is 16.6. The van der Waals surface area contributed by atoms with Crippen LogP contribution in [0.1, 0.15) is 32.6 Å². The molecule has 5 heteroatoms. The number of carbonyl (C=O) groups is 1. The lowest BCUT2D eigenvalue weighted by Crippen LogP contribution is -2.50. The van der Waals surface area contributed by atoms with Crippen molar-refractivity contribution in [3.05, 3.63) is 21.8 Å². The molecular weight excluding hydrogens is 222 g/mol. The van der Waals surface area contributed by atoms with Crippen LogP contribution in [0.2, 0.25) is 0 Å². The minimum absolute atomic E-state index is 0.0807. The van der Waals surface area contributed by atoms with Crippen molar-refractivity contribution in [3.63, 3.8) is 0 Å². The van der Waals surface area contributed by atoms with Crippen LogP contribution in [0.4, 0.5) is 0 Å². The summed E-state index contributed by atoms with van der Waals surface area (Å²) in [5.41, 5.74) is 0.701. The highest BCUT2D eigenvalue weighted by Gasteiger charge is 2.58. The van der Waals surface area contributed by atoms with Gasteiger partial charge in [-0.2, -0.15) is 0 Å². The predicted octanol–water partition coefficient (Wildman–Crippen LogP) is 2.10. The van der Waals surface area contributed by atoms with Crippen molar-refractivity contribution in [1.29, 1.82) is 0 Å². The van der Waals surface area contributed by atoms with Gasteiger partial charge in [0.1, 0.15) is 0 Å². The number of hydrogen-bond donors (Lipinski definition) is 1. The molecule has 2 aliphatic rings. The summed E-state index contributed by atoms with van der Waals surface area (Å²) >= 11 is 0. The fourth-order valence-corrected chi connectivity index (χ4v) is 3.53. The van der Waals surface area contributed by atoms with E-state index < -0.39 is 11.4 Å². The maximum absolute atomic E-state index is 10.9. The van der Waals surface area contributed by atoms with Crippen LogP contribution in [0.3, 0.4) is 0 Å². The van der Waals surface area contributed by atoms with Crippen LogP contribution in [0.5, 0.6) is 0 Å². The summed E-state index contributed by atoms with van der Waals surface area (Å²) in [7, 11) is 0. The Balaban J connectivity index is 2.17. The number of fused-ring (bicyclic) bond motifs is 1. The smallest absolute Gasteiger partial charge is 0.304 e. The van der Waals surface area contributed by atoms with Gasteiger partial charge in [-0.15, -0.1) is 0 Å². The summed E-state index contributed by atoms with van der Waals surface area (Å²) in [6, 6.07) is 0. The maximum atomic E-state index is 10.9. The molecule has 17 heavy (non-hydrogen) atoms. The Labute approximate surface area is 99.7 Å². The number of nitro groups is 1. The van der Waals surface area contributed by atoms with E-state index in [0.29, 0.717) is 12.3 Å². The number of allylic oxidation sites excluding steroid dienone is 2. The summed E-state index contributed by atoms with van der Waals surface area (Å²) in [6.45, 7) is 1.86. The third-order valence-corrected chi connectivity index (χ3v) is 4.22. The summed E-state index contributed by atoms with van der Waals surface area (Å²) in [4.78, 5) is 21.2. The van der Waals surface area contributed by atoms with Crippen LogP contribution >= 0.6 is 0 Å². The molecule has 2 aliphatic carbocycles. The van der Waals surface area contributed by atoms with E-state index in [1.165, 1.54) is 5.57 Å². The average Bonchev–Trinajstić information content (AvgIpc) is 2.54. The predicted molar refractivity (Wildman–Crippen MR) is 61.1 cm³/mol. The van der Waals surface area contributed by atoms with E-state index >= 15 is 0 Å². The fraction of sp³-hybridized carbons (Fsp3) is 0.750. The lowest BCUT2D eigenvalue weighted by molar-refractivity contribution is -0.505. The summed E-state index contributed by atoms with van der Waals surface area (Å²) in [5.74, 6) is -0.369. The Morgan fingerprint density at radius 3 is 2.94 bits per heavy atom.